The van der Waals surface area contributed by atoms with Gasteiger partial charge in [0, 0.05) is 51.9 Å². The van der Waals surface area contributed by atoms with E-state index in [1.807, 2.05) is 59.2 Å². The molecule has 34 heavy (non-hydrogen) atoms. The fraction of sp³-hybridized carbons (Fsp3) is 0.308. The Morgan fingerprint density at radius 2 is 1.91 bits per heavy atom. The summed E-state index contributed by atoms with van der Waals surface area (Å²) in [5, 5.41) is 0. The van der Waals surface area contributed by atoms with Gasteiger partial charge in [-0.15, -0.1) is 0 Å². The van der Waals surface area contributed by atoms with E-state index in [4.69, 9.17) is 4.74 Å². The summed E-state index contributed by atoms with van der Waals surface area (Å²) in [7, 11) is 3.30. The lowest BCUT2D eigenvalue weighted by Crippen LogP contribution is -2.43. The van der Waals surface area contributed by atoms with Crippen molar-refractivity contribution >= 4 is 17.7 Å². The first-order valence-corrected chi connectivity index (χ1v) is 11.2. The summed E-state index contributed by atoms with van der Waals surface area (Å²) in [6.07, 6.45) is 4.97. The molecule has 1 aromatic heterocycles. The van der Waals surface area contributed by atoms with Crippen molar-refractivity contribution in [3.8, 4) is 5.75 Å². The summed E-state index contributed by atoms with van der Waals surface area (Å²) in [6.45, 7) is 1.05. The molecule has 3 aromatic rings. The average Bonchev–Trinajstić information content (AvgIpc) is 3.45. The third-order valence-electron chi connectivity index (χ3n) is 6.31. The van der Waals surface area contributed by atoms with Crippen LogP contribution in [0.2, 0.25) is 0 Å². The van der Waals surface area contributed by atoms with Crippen LogP contribution in [0.3, 0.4) is 0 Å². The Kier molecular flexibility index (Phi) is 6.77. The van der Waals surface area contributed by atoms with Crippen molar-refractivity contribution in [2.24, 2.45) is 0 Å². The lowest BCUT2D eigenvalue weighted by molar-refractivity contribution is -0.142. The third-order valence-corrected chi connectivity index (χ3v) is 6.31. The lowest BCUT2D eigenvalue weighted by Gasteiger charge is -2.29. The van der Waals surface area contributed by atoms with Crippen molar-refractivity contribution in [1.29, 1.82) is 0 Å². The van der Waals surface area contributed by atoms with Crippen LogP contribution >= 0.6 is 0 Å². The predicted molar refractivity (Wildman–Crippen MR) is 126 cm³/mol. The normalized spacial score (nSPS) is 17.8. The highest BCUT2D eigenvalue weighted by molar-refractivity contribution is 6.10. The van der Waals surface area contributed by atoms with E-state index in [0.717, 1.165) is 5.56 Å². The van der Waals surface area contributed by atoms with E-state index >= 15 is 0 Å². The third kappa shape index (κ3) is 4.71. The van der Waals surface area contributed by atoms with Crippen molar-refractivity contribution in [2.45, 2.75) is 31.3 Å². The first-order valence-electron chi connectivity index (χ1n) is 11.2. The average molecular weight is 461 g/mol. The maximum atomic E-state index is 13.7. The minimum absolute atomic E-state index is 0.0293. The molecule has 1 saturated heterocycles. The zero-order valence-corrected chi connectivity index (χ0v) is 19.4. The SMILES string of the molecule is COc1cccc(CN(C)C(=O)CC2(c3ccccc3)CC(=O)N(CCn3ccnc3)C2=O)c1. The number of hydrogen-bond donors (Lipinski definition) is 0. The highest BCUT2D eigenvalue weighted by atomic mass is 16.5. The molecule has 2 aromatic carbocycles. The minimum atomic E-state index is -1.22. The lowest BCUT2D eigenvalue weighted by atomic mass is 9.75. The van der Waals surface area contributed by atoms with E-state index in [2.05, 4.69) is 4.98 Å². The van der Waals surface area contributed by atoms with Gasteiger partial charge in [-0.05, 0) is 23.3 Å². The van der Waals surface area contributed by atoms with E-state index < -0.39 is 5.41 Å². The topological polar surface area (TPSA) is 84.7 Å². The Morgan fingerprint density at radius 1 is 1.12 bits per heavy atom. The molecule has 4 rings (SSSR count). The predicted octanol–water partition coefficient (Wildman–Crippen LogP) is 2.64. The van der Waals surface area contributed by atoms with Gasteiger partial charge < -0.3 is 14.2 Å². The molecular formula is C26H28N4O4. The molecule has 1 aliphatic heterocycles. The second kappa shape index (κ2) is 9.91. The van der Waals surface area contributed by atoms with Crippen molar-refractivity contribution in [1.82, 2.24) is 19.4 Å². The van der Waals surface area contributed by atoms with E-state index in [1.165, 1.54) is 4.90 Å². The number of hydrogen-bond acceptors (Lipinski definition) is 5. The molecule has 1 unspecified atom stereocenters. The number of imide groups is 1. The number of imidazole rings is 1. The van der Waals surface area contributed by atoms with Crippen LogP contribution in [0.15, 0.2) is 73.3 Å². The molecule has 0 spiro atoms. The number of carbonyl (C=O) groups excluding carboxylic acids is 3. The number of methoxy groups -OCH3 is 1. The molecule has 176 valence electrons. The molecule has 0 aliphatic carbocycles. The number of amides is 3. The van der Waals surface area contributed by atoms with Gasteiger partial charge in [0.05, 0.1) is 18.9 Å². The van der Waals surface area contributed by atoms with E-state index in [9.17, 15) is 14.4 Å². The molecule has 8 nitrogen and oxygen atoms in total. The highest BCUT2D eigenvalue weighted by Gasteiger charge is 2.53. The molecule has 2 heterocycles. The van der Waals surface area contributed by atoms with Crippen LogP contribution in [-0.2, 0) is 32.9 Å². The molecule has 1 aliphatic rings. The van der Waals surface area contributed by atoms with Crippen molar-refractivity contribution in [2.75, 3.05) is 20.7 Å². The summed E-state index contributed by atoms with van der Waals surface area (Å²) < 4.78 is 7.08. The van der Waals surface area contributed by atoms with Gasteiger partial charge >= 0.3 is 0 Å². The van der Waals surface area contributed by atoms with Gasteiger partial charge in [0.25, 0.3) is 0 Å². The Bertz CT molecular complexity index is 1160. The zero-order chi connectivity index (χ0) is 24.1. The van der Waals surface area contributed by atoms with Gasteiger partial charge in [0.2, 0.25) is 17.7 Å². The van der Waals surface area contributed by atoms with Crippen LogP contribution in [0.1, 0.15) is 24.0 Å². The van der Waals surface area contributed by atoms with E-state index in [1.54, 1.807) is 37.8 Å². The van der Waals surface area contributed by atoms with Gasteiger partial charge in [0.1, 0.15) is 5.75 Å². The van der Waals surface area contributed by atoms with Crippen LogP contribution < -0.4 is 4.74 Å². The summed E-state index contributed by atoms with van der Waals surface area (Å²) in [5.41, 5.74) is 0.383. The summed E-state index contributed by atoms with van der Waals surface area (Å²) in [5.74, 6) is -0.0855. The number of ether oxygens (including phenoxy) is 1. The molecule has 8 heteroatoms. The molecule has 0 radical (unpaired) electrons. The van der Waals surface area contributed by atoms with Gasteiger partial charge in [-0.1, -0.05) is 42.5 Å². The van der Waals surface area contributed by atoms with Crippen LogP contribution in [-0.4, -0.2) is 57.8 Å². The van der Waals surface area contributed by atoms with Gasteiger partial charge in [-0.3, -0.25) is 19.3 Å². The molecule has 0 N–H and O–H groups in total. The Balaban J connectivity index is 1.55. The summed E-state index contributed by atoms with van der Waals surface area (Å²) in [6, 6.07) is 16.7. The molecule has 0 saturated carbocycles. The summed E-state index contributed by atoms with van der Waals surface area (Å²) >= 11 is 0. The Labute approximate surface area is 198 Å². The highest BCUT2D eigenvalue weighted by Crippen LogP contribution is 2.40. The monoisotopic (exact) mass is 460 g/mol. The van der Waals surface area contributed by atoms with E-state index in [0.29, 0.717) is 24.4 Å². The van der Waals surface area contributed by atoms with Crippen LogP contribution in [0.25, 0.3) is 0 Å². The van der Waals surface area contributed by atoms with Gasteiger partial charge in [0.15, 0.2) is 0 Å². The number of likely N-dealkylation sites (tertiary alicyclic amines) is 1. The van der Waals surface area contributed by atoms with Crippen LogP contribution in [0.4, 0.5) is 0 Å². The fourth-order valence-corrected chi connectivity index (χ4v) is 4.41. The number of carbonyl (C=O) groups is 3. The maximum absolute atomic E-state index is 13.7. The molecular weight excluding hydrogens is 432 g/mol. The molecule has 1 fully saturated rings. The Hall–Kier alpha value is -3.94. The number of nitrogens with zero attached hydrogens (tertiary/aromatic N) is 4. The van der Waals surface area contributed by atoms with Crippen molar-refractivity contribution in [3.05, 3.63) is 84.4 Å². The van der Waals surface area contributed by atoms with Gasteiger partial charge in [-0.25, -0.2) is 4.98 Å². The van der Waals surface area contributed by atoms with Crippen molar-refractivity contribution < 1.29 is 19.1 Å². The van der Waals surface area contributed by atoms with E-state index in [-0.39, 0.29) is 37.1 Å². The number of benzene rings is 2. The standard InChI is InChI=1S/C26H28N4O4/c1-28(18-20-7-6-10-22(15-20)34-2)23(31)16-26(21-8-4-3-5-9-21)17-24(32)30(25(26)33)14-13-29-12-11-27-19-29/h3-12,15,19H,13-14,16-18H2,1-2H3. The largest absolute Gasteiger partial charge is 0.497 e. The minimum Gasteiger partial charge on any atom is -0.497 e. The molecule has 1 atom stereocenters. The maximum Gasteiger partial charge on any atom is 0.240 e. The molecule has 3 amide bonds. The number of rotatable bonds is 9. The quantitative estimate of drug-likeness (QED) is 0.459. The molecule has 0 bridgehead atoms. The van der Waals surface area contributed by atoms with Crippen LogP contribution in [0.5, 0.6) is 5.75 Å². The van der Waals surface area contributed by atoms with Gasteiger partial charge in [-0.2, -0.15) is 0 Å². The second-order valence-electron chi connectivity index (χ2n) is 8.55. The first-order chi connectivity index (χ1) is 16.4. The van der Waals surface area contributed by atoms with Crippen LogP contribution in [0, 0.1) is 0 Å². The number of aromatic nitrogens is 2. The fourth-order valence-electron chi connectivity index (χ4n) is 4.41. The Morgan fingerprint density at radius 3 is 2.62 bits per heavy atom. The second-order valence-corrected chi connectivity index (χ2v) is 8.55. The smallest absolute Gasteiger partial charge is 0.240 e. The summed E-state index contributed by atoms with van der Waals surface area (Å²) in [4.78, 5) is 46.9. The van der Waals surface area contributed by atoms with Crippen molar-refractivity contribution in [3.63, 3.8) is 0 Å². The zero-order valence-electron chi connectivity index (χ0n) is 19.4. The first kappa shape index (κ1) is 23.2.